The Hall–Kier alpha value is -4.00. The lowest BCUT2D eigenvalue weighted by Crippen LogP contribution is -2.31. The summed E-state index contributed by atoms with van der Waals surface area (Å²) in [4.78, 5) is 19.2. The summed E-state index contributed by atoms with van der Waals surface area (Å²) in [6.07, 6.45) is 2.88. The second-order valence-electron chi connectivity index (χ2n) is 10.3. The third kappa shape index (κ3) is 7.81. The topological polar surface area (TPSA) is 112 Å². The number of nitrogens with zero attached hydrogens (tertiary/aromatic N) is 3. The number of ether oxygens (including phenoxy) is 2. The monoisotopic (exact) mass is 576 g/mol. The van der Waals surface area contributed by atoms with Crippen LogP contribution in [0.2, 0.25) is 5.02 Å². The molecule has 0 fully saturated rings. The van der Waals surface area contributed by atoms with E-state index in [1.165, 1.54) is 0 Å². The fourth-order valence-electron chi connectivity index (χ4n) is 4.70. The van der Waals surface area contributed by atoms with E-state index in [1.807, 2.05) is 69.2 Å². The standard InChI is InChI=1S/C31H37ClN6O3/c1-5-40-29-16-25-23(15-26(29)37-30(39)9-7-13-38(3)4)31(21(17-33)18-35-25)36-22-10-11-28(24(32)14-22)41-19-27-20(2)8-6-12-34-27/h6,8,10-12,14-16,21,31,35-36H,5,7,9,13,18-19H2,1-4H3,(H,37,39). The molecular weight excluding hydrogens is 540 g/mol. The van der Waals surface area contributed by atoms with E-state index in [9.17, 15) is 10.1 Å². The number of hydrogen-bond acceptors (Lipinski definition) is 8. The van der Waals surface area contributed by atoms with Gasteiger partial charge in [0.05, 0.1) is 41.0 Å². The molecule has 2 unspecified atom stereocenters. The molecule has 0 bridgehead atoms. The lowest BCUT2D eigenvalue weighted by Gasteiger charge is -2.33. The van der Waals surface area contributed by atoms with Crippen LogP contribution in [0.5, 0.6) is 11.5 Å². The summed E-state index contributed by atoms with van der Waals surface area (Å²) in [5.41, 5.74) is 4.93. The molecule has 1 amide bonds. The first-order valence-corrected chi connectivity index (χ1v) is 14.1. The van der Waals surface area contributed by atoms with Crippen molar-refractivity contribution in [2.24, 2.45) is 5.92 Å². The highest BCUT2D eigenvalue weighted by Crippen LogP contribution is 2.42. The first-order chi connectivity index (χ1) is 19.8. The van der Waals surface area contributed by atoms with Gasteiger partial charge in [0.25, 0.3) is 0 Å². The maximum absolute atomic E-state index is 12.7. The Kier molecular flexibility index (Phi) is 10.3. The summed E-state index contributed by atoms with van der Waals surface area (Å²) in [5.74, 6) is 0.680. The second kappa shape index (κ2) is 14.1. The van der Waals surface area contributed by atoms with Crippen molar-refractivity contribution in [3.8, 4) is 17.6 Å². The van der Waals surface area contributed by atoms with E-state index in [0.29, 0.717) is 48.4 Å². The number of hydrogen-bond donors (Lipinski definition) is 3. The molecule has 0 saturated heterocycles. The summed E-state index contributed by atoms with van der Waals surface area (Å²) < 4.78 is 11.8. The van der Waals surface area contributed by atoms with Crippen LogP contribution in [-0.2, 0) is 11.4 Å². The first-order valence-electron chi connectivity index (χ1n) is 13.8. The van der Waals surface area contributed by atoms with E-state index in [1.54, 1.807) is 12.3 Å². The van der Waals surface area contributed by atoms with Crippen LogP contribution < -0.4 is 25.4 Å². The molecule has 1 aromatic heterocycles. The third-order valence-electron chi connectivity index (χ3n) is 6.89. The number of benzene rings is 2. The number of nitrogens with one attached hydrogen (secondary N) is 3. The molecular formula is C31H37ClN6O3. The average Bonchev–Trinajstić information content (AvgIpc) is 2.94. The average molecular weight is 577 g/mol. The maximum Gasteiger partial charge on any atom is 0.224 e. The molecule has 0 aliphatic carbocycles. The number of carbonyl (C=O) groups is 1. The molecule has 3 aromatic rings. The molecule has 41 heavy (non-hydrogen) atoms. The Morgan fingerprint density at radius 2 is 2.05 bits per heavy atom. The Bertz CT molecular complexity index is 1410. The molecule has 2 heterocycles. The lowest BCUT2D eigenvalue weighted by molar-refractivity contribution is -0.116. The molecule has 216 valence electrons. The molecule has 1 aliphatic rings. The summed E-state index contributed by atoms with van der Waals surface area (Å²) in [6.45, 7) is 5.94. The van der Waals surface area contributed by atoms with E-state index in [0.717, 1.165) is 41.2 Å². The molecule has 4 rings (SSSR count). The van der Waals surface area contributed by atoms with Gasteiger partial charge in [0.2, 0.25) is 5.91 Å². The van der Waals surface area contributed by atoms with Crippen molar-refractivity contribution in [1.29, 1.82) is 5.26 Å². The van der Waals surface area contributed by atoms with Crippen molar-refractivity contribution in [3.63, 3.8) is 0 Å². The van der Waals surface area contributed by atoms with Gasteiger partial charge < -0.3 is 30.3 Å². The lowest BCUT2D eigenvalue weighted by atomic mass is 9.88. The fourth-order valence-corrected chi connectivity index (χ4v) is 4.94. The fraction of sp³-hybridized carbons (Fsp3) is 0.387. The highest BCUT2D eigenvalue weighted by Gasteiger charge is 2.31. The number of halogens is 1. The quantitative estimate of drug-likeness (QED) is 0.240. The first kappa shape index (κ1) is 30.0. The van der Waals surface area contributed by atoms with Gasteiger partial charge in [-0.25, -0.2) is 0 Å². The number of nitriles is 1. The van der Waals surface area contributed by atoms with Crippen LogP contribution >= 0.6 is 11.6 Å². The molecule has 2 atom stereocenters. The molecule has 2 aromatic carbocycles. The SMILES string of the molecule is CCOc1cc2c(cc1NC(=O)CCCN(C)C)C(Nc1ccc(OCc3ncccc3C)c(Cl)c1)C(C#N)CN2. The largest absolute Gasteiger partial charge is 0.492 e. The number of carbonyl (C=O) groups excluding carboxylic acids is 1. The van der Waals surface area contributed by atoms with Gasteiger partial charge >= 0.3 is 0 Å². The zero-order chi connectivity index (χ0) is 29.4. The van der Waals surface area contributed by atoms with Crippen LogP contribution in [0.3, 0.4) is 0 Å². The number of anilines is 3. The molecule has 10 heteroatoms. The van der Waals surface area contributed by atoms with Crippen molar-refractivity contribution < 1.29 is 14.3 Å². The number of pyridine rings is 1. The molecule has 3 N–H and O–H groups in total. The second-order valence-corrected chi connectivity index (χ2v) is 10.7. The van der Waals surface area contributed by atoms with Crippen molar-refractivity contribution >= 4 is 34.6 Å². The van der Waals surface area contributed by atoms with Crippen molar-refractivity contribution in [1.82, 2.24) is 9.88 Å². The molecule has 0 radical (unpaired) electrons. The van der Waals surface area contributed by atoms with Crippen molar-refractivity contribution in [2.75, 3.05) is 49.7 Å². The Balaban J connectivity index is 1.55. The Morgan fingerprint density at radius 3 is 2.76 bits per heavy atom. The van der Waals surface area contributed by atoms with Crippen LogP contribution in [0, 0.1) is 24.2 Å². The summed E-state index contributed by atoms with van der Waals surface area (Å²) >= 11 is 6.59. The third-order valence-corrected chi connectivity index (χ3v) is 7.18. The van der Waals surface area contributed by atoms with Gasteiger partial charge in [-0.2, -0.15) is 5.26 Å². The summed E-state index contributed by atoms with van der Waals surface area (Å²) in [6, 6.07) is 15.2. The minimum absolute atomic E-state index is 0.0823. The van der Waals surface area contributed by atoms with E-state index >= 15 is 0 Å². The van der Waals surface area contributed by atoms with Gasteiger partial charge in [0.15, 0.2) is 0 Å². The van der Waals surface area contributed by atoms with Crippen LogP contribution in [0.1, 0.15) is 42.6 Å². The van der Waals surface area contributed by atoms with Gasteiger partial charge in [-0.05, 0) is 76.8 Å². The van der Waals surface area contributed by atoms with Crippen molar-refractivity contribution in [2.45, 2.75) is 39.3 Å². The Morgan fingerprint density at radius 1 is 1.22 bits per heavy atom. The van der Waals surface area contributed by atoms with Crippen LogP contribution in [0.15, 0.2) is 48.7 Å². The van der Waals surface area contributed by atoms with Gasteiger partial charge in [-0.1, -0.05) is 17.7 Å². The number of amides is 1. The number of fused-ring (bicyclic) bond motifs is 1. The maximum atomic E-state index is 12.7. The Labute approximate surface area is 246 Å². The van der Waals surface area contributed by atoms with E-state index in [4.69, 9.17) is 21.1 Å². The van der Waals surface area contributed by atoms with Crippen LogP contribution in [-0.4, -0.2) is 49.6 Å². The van der Waals surface area contributed by atoms with Crippen molar-refractivity contribution in [3.05, 3.63) is 70.5 Å². The minimum Gasteiger partial charge on any atom is -0.492 e. The highest BCUT2D eigenvalue weighted by molar-refractivity contribution is 6.32. The van der Waals surface area contributed by atoms with E-state index in [2.05, 4.69) is 27.0 Å². The van der Waals surface area contributed by atoms with Gasteiger partial charge in [0.1, 0.15) is 18.1 Å². The summed E-state index contributed by atoms with van der Waals surface area (Å²) in [7, 11) is 3.97. The van der Waals surface area contributed by atoms with E-state index in [-0.39, 0.29) is 17.9 Å². The number of aromatic nitrogens is 1. The van der Waals surface area contributed by atoms with Crippen LogP contribution in [0.25, 0.3) is 0 Å². The zero-order valence-corrected chi connectivity index (χ0v) is 24.7. The van der Waals surface area contributed by atoms with Gasteiger partial charge in [0, 0.05) is 42.2 Å². The van der Waals surface area contributed by atoms with Crippen LogP contribution in [0.4, 0.5) is 17.1 Å². The molecule has 9 nitrogen and oxygen atoms in total. The molecule has 0 saturated carbocycles. The molecule has 0 spiro atoms. The van der Waals surface area contributed by atoms with E-state index < -0.39 is 0 Å². The minimum atomic E-state index is -0.370. The molecule has 1 aliphatic heterocycles. The number of rotatable bonds is 12. The predicted octanol–water partition coefficient (Wildman–Crippen LogP) is 6.02. The van der Waals surface area contributed by atoms with Gasteiger partial charge in [-0.3, -0.25) is 9.78 Å². The zero-order valence-electron chi connectivity index (χ0n) is 24.0. The predicted molar refractivity (Wildman–Crippen MR) is 163 cm³/mol. The smallest absolute Gasteiger partial charge is 0.224 e. The summed E-state index contributed by atoms with van der Waals surface area (Å²) in [5, 5.41) is 20.3. The highest BCUT2D eigenvalue weighted by atomic mass is 35.5. The normalized spacial score (nSPS) is 15.8. The van der Waals surface area contributed by atoms with Gasteiger partial charge in [-0.15, -0.1) is 0 Å². The number of aryl methyl sites for hydroxylation is 1.